The van der Waals surface area contributed by atoms with Crippen LogP contribution in [0.5, 0.6) is 11.5 Å². The van der Waals surface area contributed by atoms with Gasteiger partial charge in [-0.3, -0.25) is 4.79 Å². The minimum atomic E-state index is -0.970. The molecule has 2 aromatic rings. The van der Waals surface area contributed by atoms with Gasteiger partial charge in [-0.15, -0.1) is 0 Å². The number of rotatable bonds is 10. The van der Waals surface area contributed by atoms with Gasteiger partial charge in [-0.2, -0.15) is 0 Å². The van der Waals surface area contributed by atoms with E-state index in [1.54, 1.807) is 44.6 Å². The Hall–Kier alpha value is -3.06. The van der Waals surface area contributed by atoms with E-state index < -0.39 is 5.97 Å². The van der Waals surface area contributed by atoms with Crippen molar-refractivity contribution >= 4 is 17.6 Å². The van der Waals surface area contributed by atoms with Crippen molar-refractivity contribution < 1.29 is 28.9 Å². The van der Waals surface area contributed by atoms with E-state index >= 15 is 0 Å². The molecule has 0 bridgehead atoms. The lowest BCUT2D eigenvalue weighted by Gasteiger charge is -2.13. The molecule has 2 rings (SSSR count). The number of benzene rings is 2. The van der Waals surface area contributed by atoms with E-state index in [9.17, 15) is 9.59 Å². The molecule has 0 aliphatic rings. The Balaban J connectivity index is 1.92. The molecule has 0 unspecified atom stereocenters. The zero-order valence-corrected chi connectivity index (χ0v) is 15.4. The molecule has 0 aliphatic heterocycles. The fourth-order valence-corrected chi connectivity index (χ4v) is 2.40. The van der Waals surface area contributed by atoms with Crippen molar-refractivity contribution in [3.63, 3.8) is 0 Å². The molecule has 2 N–H and O–H groups in total. The highest BCUT2D eigenvalue weighted by Crippen LogP contribution is 2.30. The molecule has 0 radical (unpaired) electrons. The first-order valence-corrected chi connectivity index (χ1v) is 8.45. The first kappa shape index (κ1) is 20.3. The van der Waals surface area contributed by atoms with Crippen LogP contribution < -0.4 is 14.8 Å². The summed E-state index contributed by atoms with van der Waals surface area (Å²) >= 11 is 0. The standard InChI is InChI=1S/C20H23NO6/c1-25-11-12-27-18-13-16(8-9-17(18)26-2)21-19(22)10-5-14-3-6-15(7-4-14)20(23)24/h3-4,6-9,13H,5,10-12H2,1-2H3,(H,21,22)(H,23,24). The van der Waals surface area contributed by atoms with Crippen molar-refractivity contribution in [1.29, 1.82) is 0 Å². The number of amides is 1. The van der Waals surface area contributed by atoms with Crippen molar-refractivity contribution in [1.82, 2.24) is 0 Å². The Morgan fingerprint density at radius 1 is 1.00 bits per heavy atom. The van der Waals surface area contributed by atoms with Crippen LogP contribution in [0.2, 0.25) is 0 Å². The third-order valence-corrected chi connectivity index (χ3v) is 3.83. The van der Waals surface area contributed by atoms with Crippen molar-refractivity contribution in [3.05, 3.63) is 53.6 Å². The van der Waals surface area contributed by atoms with Crippen LogP contribution in [-0.4, -0.2) is 44.4 Å². The van der Waals surface area contributed by atoms with Crippen LogP contribution in [0, 0.1) is 0 Å². The number of aromatic carboxylic acids is 1. The lowest BCUT2D eigenvalue weighted by Crippen LogP contribution is -2.13. The molecule has 0 aliphatic carbocycles. The zero-order chi connectivity index (χ0) is 19.6. The summed E-state index contributed by atoms with van der Waals surface area (Å²) < 4.78 is 15.8. The fraction of sp³-hybridized carbons (Fsp3) is 0.300. The smallest absolute Gasteiger partial charge is 0.335 e. The summed E-state index contributed by atoms with van der Waals surface area (Å²) in [6, 6.07) is 11.7. The molecule has 27 heavy (non-hydrogen) atoms. The van der Waals surface area contributed by atoms with Gasteiger partial charge < -0.3 is 24.6 Å². The fourth-order valence-electron chi connectivity index (χ4n) is 2.40. The third kappa shape index (κ3) is 6.31. The maximum atomic E-state index is 12.2. The Labute approximate surface area is 157 Å². The van der Waals surface area contributed by atoms with E-state index in [-0.39, 0.29) is 17.9 Å². The highest BCUT2D eigenvalue weighted by atomic mass is 16.5. The molecule has 7 heteroatoms. The van der Waals surface area contributed by atoms with Crippen LogP contribution in [0.4, 0.5) is 5.69 Å². The lowest BCUT2D eigenvalue weighted by atomic mass is 10.1. The lowest BCUT2D eigenvalue weighted by molar-refractivity contribution is -0.116. The third-order valence-electron chi connectivity index (χ3n) is 3.83. The quantitative estimate of drug-likeness (QED) is 0.622. The van der Waals surface area contributed by atoms with Crippen molar-refractivity contribution in [3.8, 4) is 11.5 Å². The number of carbonyl (C=O) groups is 2. The summed E-state index contributed by atoms with van der Waals surface area (Å²) in [6.45, 7) is 0.816. The molecule has 0 heterocycles. The Morgan fingerprint density at radius 2 is 1.74 bits per heavy atom. The van der Waals surface area contributed by atoms with E-state index in [4.69, 9.17) is 19.3 Å². The van der Waals surface area contributed by atoms with Gasteiger partial charge in [-0.1, -0.05) is 12.1 Å². The number of hydrogen-bond acceptors (Lipinski definition) is 5. The van der Waals surface area contributed by atoms with Crippen LogP contribution in [0.25, 0.3) is 0 Å². The monoisotopic (exact) mass is 373 g/mol. The number of carboxylic acid groups (broad SMARTS) is 1. The number of methoxy groups -OCH3 is 2. The average molecular weight is 373 g/mol. The van der Waals surface area contributed by atoms with Gasteiger partial charge in [0.1, 0.15) is 6.61 Å². The maximum Gasteiger partial charge on any atom is 0.335 e. The van der Waals surface area contributed by atoms with Gasteiger partial charge in [-0.25, -0.2) is 4.79 Å². The summed E-state index contributed by atoms with van der Waals surface area (Å²) in [5.41, 5.74) is 1.73. The van der Waals surface area contributed by atoms with Gasteiger partial charge in [0.15, 0.2) is 11.5 Å². The highest BCUT2D eigenvalue weighted by Gasteiger charge is 2.09. The summed E-state index contributed by atoms with van der Waals surface area (Å²) in [6.07, 6.45) is 0.789. The van der Waals surface area contributed by atoms with E-state index in [1.165, 1.54) is 12.1 Å². The van der Waals surface area contributed by atoms with E-state index in [0.717, 1.165) is 5.56 Å². The van der Waals surface area contributed by atoms with Gasteiger partial charge >= 0.3 is 5.97 Å². The molecule has 7 nitrogen and oxygen atoms in total. The average Bonchev–Trinajstić information content (AvgIpc) is 2.67. The van der Waals surface area contributed by atoms with Crippen LogP contribution in [0.15, 0.2) is 42.5 Å². The van der Waals surface area contributed by atoms with E-state index in [0.29, 0.717) is 36.8 Å². The second-order valence-electron chi connectivity index (χ2n) is 5.76. The largest absolute Gasteiger partial charge is 0.493 e. The molecule has 144 valence electrons. The van der Waals surface area contributed by atoms with Gasteiger partial charge in [0.25, 0.3) is 0 Å². The van der Waals surface area contributed by atoms with Gasteiger partial charge in [0.2, 0.25) is 5.91 Å². The van der Waals surface area contributed by atoms with Crippen LogP contribution in [-0.2, 0) is 16.0 Å². The SMILES string of the molecule is COCCOc1cc(NC(=O)CCc2ccc(C(=O)O)cc2)ccc1OC. The molecule has 0 saturated heterocycles. The van der Waals surface area contributed by atoms with Crippen LogP contribution in [0.1, 0.15) is 22.3 Å². The summed E-state index contributed by atoms with van der Waals surface area (Å²) in [5.74, 6) is -0.0214. The summed E-state index contributed by atoms with van der Waals surface area (Å²) in [4.78, 5) is 23.0. The second kappa shape index (κ2) is 10.2. The van der Waals surface area contributed by atoms with E-state index in [2.05, 4.69) is 5.32 Å². The number of aryl methyl sites for hydroxylation is 1. The van der Waals surface area contributed by atoms with Crippen LogP contribution >= 0.6 is 0 Å². The topological polar surface area (TPSA) is 94.1 Å². The normalized spacial score (nSPS) is 10.3. The summed E-state index contributed by atoms with van der Waals surface area (Å²) in [7, 11) is 3.14. The molecular weight excluding hydrogens is 350 g/mol. The van der Waals surface area contributed by atoms with Crippen molar-refractivity contribution in [2.75, 3.05) is 32.8 Å². The maximum absolute atomic E-state index is 12.2. The van der Waals surface area contributed by atoms with Crippen molar-refractivity contribution in [2.24, 2.45) is 0 Å². The molecule has 1 amide bonds. The Kier molecular flexibility index (Phi) is 7.63. The molecule has 0 aromatic heterocycles. The highest BCUT2D eigenvalue weighted by molar-refractivity contribution is 5.91. The molecule has 2 aromatic carbocycles. The number of carbonyl (C=O) groups excluding carboxylic acids is 1. The predicted octanol–water partition coefficient (Wildman–Crippen LogP) is 2.99. The summed E-state index contributed by atoms with van der Waals surface area (Å²) in [5, 5.41) is 11.7. The number of anilines is 1. The minimum Gasteiger partial charge on any atom is -0.493 e. The minimum absolute atomic E-state index is 0.148. The second-order valence-corrected chi connectivity index (χ2v) is 5.76. The molecule has 0 atom stereocenters. The molecule has 0 spiro atoms. The number of nitrogens with one attached hydrogen (secondary N) is 1. The number of carboxylic acids is 1. The first-order valence-electron chi connectivity index (χ1n) is 8.45. The number of hydrogen-bond donors (Lipinski definition) is 2. The zero-order valence-electron chi connectivity index (χ0n) is 15.4. The molecule has 0 saturated carbocycles. The van der Waals surface area contributed by atoms with Gasteiger partial charge in [0.05, 0.1) is 19.3 Å². The van der Waals surface area contributed by atoms with Crippen molar-refractivity contribution in [2.45, 2.75) is 12.8 Å². The molecule has 0 fully saturated rings. The van der Waals surface area contributed by atoms with Gasteiger partial charge in [0, 0.05) is 25.3 Å². The Morgan fingerprint density at radius 3 is 2.37 bits per heavy atom. The van der Waals surface area contributed by atoms with E-state index in [1.807, 2.05) is 0 Å². The van der Waals surface area contributed by atoms with Crippen LogP contribution in [0.3, 0.4) is 0 Å². The predicted molar refractivity (Wildman–Crippen MR) is 101 cm³/mol. The van der Waals surface area contributed by atoms with Gasteiger partial charge in [-0.05, 0) is 36.2 Å². The number of ether oxygens (including phenoxy) is 3. The first-order chi connectivity index (χ1) is 13.0. The molecular formula is C20H23NO6. The Bertz CT molecular complexity index is 773.